The molecule has 0 unspecified atom stereocenters. The van der Waals surface area contributed by atoms with Gasteiger partial charge in [0, 0.05) is 6.42 Å². The van der Waals surface area contributed by atoms with Crippen LogP contribution in [0.4, 0.5) is 4.79 Å². The predicted octanol–water partition coefficient (Wildman–Crippen LogP) is 2.76. The maximum atomic E-state index is 12.7. The highest BCUT2D eigenvalue weighted by molar-refractivity contribution is 5.89. The van der Waals surface area contributed by atoms with E-state index < -0.39 is 30.1 Å². The molecule has 0 aromatic heterocycles. The Bertz CT molecular complexity index is 867. The van der Waals surface area contributed by atoms with Crippen LogP contribution in [0.2, 0.25) is 0 Å². The van der Waals surface area contributed by atoms with Gasteiger partial charge in [-0.05, 0) is 29.2 Å². The van der Waals surface area contributed by atoms with Crippen LogP contribution in [0.25, 0.3) is 0 Å². The second-order valence-corrected chi connectivity index (χ2v) is 7.38. The van der Waals surface area contributed by atoms with E-state index in [1.807, 2.05) is 30.3 Å². The summed E-state index contributed by atoms with van der Waals surface area (Å²) in [7, 11) is 1.54. The van der Waals surface area contributed by atoms with E-state index in [0.29, 0.717) is 5.75 Å². The third-order valence-corrected chi connectivity index (χ3v) is 4.65. The van der Waals surface area contributed by atoms with Gasteiger partial charge >= 0.3 is 12.1 Å². The van der Waals surface area contributed by atoms with Crippen molar-refractivity contribution < 1.29 is 29.0 Å². The number of nitrogens with one attached hydrogen (secondary N) is 2. The molecule has 8 heteroatoms. The lowest BCUT2D eigenvalue weighted by Gasteiger charge is -2.24. The molecule has 2 rings (SSSR count). The summed E-state index contributed by atoms with van der Waals surface area (Å²) >= 11 is 0. The van der Waals surface area contributed by atoms with Gasteiger partial charge < -0.3 is 25.2 Å². The molecule has 8 nitrogen and oxygen atoms in total. The fraction of sp³-hybridized carbons (Fsp3) is 0.348. The summed E-state index contributed by atoms with van der Waals surface area (Å²) < 4.78 is 10.3. The van der Waals surface area contributed by atoms with Crippen LogP contribution in [0.3, 0.4) is 0 Å². The Morgan fingerprint density at radius 3 is 2.13 bits per heavy atom. The van der Waals surface area contributed by atoms with Crippen LogP contribution in [-0.4, -0.2) is 42.3 Å². The lowest BCUT2D eigenvalue weighted by molar-refractivity contribution is -0.142. The fourth-order valence-corrected chi connectivity index (χ4v) is 2.89. The van der Waals surface area contributed by atoms with Gasteiger partial charge in [0.25, 0.3) is 0 Å². The lowest BCUT2D eigenvalue weighted by Crippen LogP contribution is -2.54. The number of benzene rings is 2. The van der Waals surface area contributed by atoms with E-state index in [4.69, 9.17) is 9.47 Å². The van der Waals surface area contributed by atoms with Gasteiger partial charge in [-0.25, -0.2) is 9.59 Å². The van der Waals surface area contributed by atoms with Crippen molar-refractivity contribution in [3.63, 3.8) is 0 Å². The molecule has 0 aliphatic carbocycles. The molecular formula is C23H28N2O6. The topological polar surface area (TPSA) is 114 Å². The molecule has 2 aromatic rings. The lowest BCUT2D eigenvalue weighted by atomic mass is 10.0. The molecule has 0 heterocycles. The van der Waals surface area contributed by atoms with Crippen molar-refractivity contribution in [3.05, 3.63) is 65.7 Å². The van der Waals surface area contributed by atoms with Crippen molar-refractivity contribution in [3.8, 4) is 5.75 Å². The summed E-state index contributed by atoms with van der Waals surface area (Å²) in [6.45, 7) is 3.57. The Morgan fingerprint density at radius 2 is 1.58 bits per heavy atom. The number of amides is 2. The second-order valence-electron chi connectivity index (χ2n) is 7.38. The molecule has 0 fully saturated rings. The number of rotatable bonds is 10. The highest BCUT2D eigenvalue weighted by Crippen LogP contribution is 2.13. The van der Waals surface area contributed by atoms with Crippen LogP contribution in [0, 0.1) is 5.92 Å². The number of ether oxygens (including phenoxy) is 2. The smallest absolute Gasteiger partial charge is 0.408 e. The Balaban J connectivity index is 1.97. The quantitative estimate of drug-likeness (QED) is 0.536. The van der Waals surface area contributed by atoms with E-state index in [9.17, 15) is 19.5 Å². The van der Waals surface area contributed by atoms with E-state index in [0.717, 1.165) is 11.1 Å². The average molecular weight is 428 g/mol. The van der Waals surface area contributed by atoms with Gasteiger partial charge in [0.2, 0.25) is 5.91 Å². The van der Waals surface area contributed by atoms with E-state index in [-0.39, 0.29) is 18.9 Å². The van der Waals surface area contributed by atoms with Gasteiger partial charge in [0.05, 0.1) is 7.11 Å². The summed E-state index contributed by atoms with van der Waals surface area (Å²) in [6.07, 6.45) is -0.659. The molecule has 2 atom stereocenters. The summed E-state index contributed by atoms with van der Waals surface area (Å²) in [6, 6.07) is 14.0. The largest absolute Gasteiger partial charge is 0.497 e. The van der Waals surface area contributed by atoms with Crippen LogP contribution in [0.15, 0.2) is 54.6 Å². The van der Waals surface area contributed by atoms with Gasteiger partial charge in [-0.1, -0.05) is 56.3 Å². The summed E-state index contributed by atoms with van der Waals surface area (Å²) in [4.78, 5) is 36.6. The molecule has 0 spiro atoms. The monoisotopic (exact) mass is 428 g/mol. The molecule has 0 aliphatic heterocycles. The van der Waals surface area contributed by atoms with Crippen LogP contribution < -0.4 is 15.4 Å². The molecule has 0 bridgehead atoms. The zero-order valence-electron chi connectivity index (χ0n) is 17.8. The third-order valence-electron chi connectivity index (χ3n) is 4.65. The van der Waals surface area contributed by atoms with E-state index in [2.05, 4.69) is 10.6 Å². The van der Waals surface area contributed by atoms with Crippen molar-refractivity contribution in [2.45, 2.75) is 39.0 Å². The molecular weight excluding hydrogens is 400 g/mol. The van der Waals surface area contributed by atoms with Gasteiger partial charge in [-0.3, -0.25) is 4.79 Å². The SMILES string of the molecule is COc1ccc(C[C@@H](NC(=O)[C@@H](NC(=O)OCc2ccccc2)C(C)C)C(=O)O)cc1. The van der Waals surface area contributed by atoms with Crippen molar-refractivity contribution >= 4 is 18.0 Å². The average Bonchev–Trinajstić information content (AvgIpc) is 2.76. The number of hydrogen-bond acceptors (Lipinski definition) is 5. The Kier molecular flexibility index (Phi) is 8.87. The van der Waals surface area contributed by atoms with Crippen LogP contribution >= 0.6 is 0 Å². The first-order chi connectivity index (χ1) is 14.8. The number of hydrogen-bond donors (Lipinski definition) is 3. The van der Waals surface area contributed by atoms with Crippen LogP contribution in [0.1, 0.15) is 25.0 Å². The van der Waals surface area contributed by atoms with Gasteiger partial charge in [0.1, 0.15) is 24.4 Å². The number of methoxy groups -OCH3 is 1. The Morgan fingerprint density at radius 1 is 0.935 bits per heavy atom. The molecule has 0 aliphatic rings. The predicted molar refractivity (Wildman–Crippen MR) is 115 cm³/mol. The number of aliphatic carboxylic acids is 1. The normalized spacial score (nSPS) is 12.5. The van der Waals surface area contributed by atoms with Crippen LogP contribution in [-0.2, 0) is 27.4 Å². The minimum absolute atomic E-state index is 0.0638. The molecule has 0 saturated carbocycles. The first kappa shape index (κ1) is 23.7. The van der Waals surface area contributed by atoms with Crippen LogP contribution in [0.5, 0.6) is 5.75 Å². The zero-order valence-corrected chi connectivity index (χ0v) is 17.8. The van der Waals surface area contributed by atoms with Crippen molar-refractivity contribution in [1.82, 2.24) is 10.6 Å². The number of carboxylic acid groups (broad SMARTS) is 1. The molecule has 0 saturated heterocycles. The number of carboxylic acids is 1. The first-order valence-corrected chi connectivity index (χ1v) is 9.93. The maximum Gasteiger partial charge on any atom is 0.408 e. The summed E-state index contributed by atoms with van der Waals surface area (Å²) in [5.74, 6) is -1.39. The third kappa shape index (κ3) is 7.65. The van der Waals surface area contributed by atoms with E-state index in [1.54, 1.807) is 45.2 Å². The molecule has 31 heavy (non-hydrogen) atoms. The Labute approximate surface area is 181 Å². The summed E-state index contributed by atoms with van der Waals surface area (Å²) in [5.41, 5.74) is 1.54. The maximum absolute atomic E-state index is 12.7. The molecule has 166 valence electrons. The molecule has 2 aromatic carbocycles. The highest BCUT2D eigenvalue weighted by Gasteiger charge is 2.29. The molecule has 0 radical (unpaired) electrons. The van der Waals surface area contributed by atoms with Gasteiger partial charge in [-0.2, -0.15) is 0 Å². The second kappa shape index (κ2) is 11.6. The van der Waals surface area contributed by atoms with Gasteiger partial charge in [0.15, 0.2) is 0 Å². The van der Waals surface area contributed by atoms with E-state index in [1.165, 1.54) is 0 Å². The zero-order chi connectivity index (χ0) is 22.8. The number of carbonyl (C=O) groups excluding carboxylic acids is 2. The molecule has 2 amide bonds. The van der Waals surface area contributed by atoms with Gasteiger partial charge in [-0.15, -0.1) is 0 Å². The minimum Gasteiger partial charge on any atom is -0.497 e. The highest BCUT2D eigenvalue weighted by atomic mass is 16.5. The first-order valence-electron chi connectivity index (χ1n) is 9.93. The fourth-order valence-electron chi connectivity index (χ4n) is 2.89. The van der Waals surface area contributed by atoms with Crippen molar-refractivity contribution in [2.24, 2.45) is 5.92 Å². The standard InChI is InChI=1S/C23H28N2O6/c1-15(2)20(25-23(29)31-14-17-7-5-4-6-8-17)21(26)24-19(22(27)28)13-16-9-11-18(30-3)12-10-16/h4-12,15,19-20H,13-14H2,1-3H3,(H,24,26)(H,25,29)(H,27,28)/t19-,20+/m1/s1. The minimum atomic E-state index is -1.17. The molecule has 3 N–H and O–H groups in total. The van der Waals surface area contributed by atoms with Crippen molar-refractivity contribution in [2.75, 3.05) is 7.11 Å². The number of carbonyl (C=O) groups is 3. The van der Waals surface area contributed by atoms with Crippen molar-refractivity contribution in [1.29, 1.82) is 0 Å². The Hall–Kier alpha value is -3.55. The summed E-state index contributed by atoms with van der Waals surface area (Å²) in [5, 5.41) is 14.6. The van der Waals surface area contributed by atoms with E-state index >= 15 is 0 Å². The number of alkyl carbamates (subject to hydrolysis) is 1.